The first kappa shape index (κ1) is 19.6. The highest BCUT2D eigenvalue weighted by molar-refractivity contribution is 7.21. The lowest BCUT2D eigenvalue weighted by atomic mass is 9.97. The van der Waals surface area contributed by atoms with Crippen molar-refractivity contribution in [3.05, 3.63) is 63.7 Å². The van der Waals surface area contributed by atoms with E-state index in [0.717, 1.165) is 28.1 Å². The molecule has 0 saturated carbocycles. The lowest BCUT2D eigenvalue weighted by Crippen LogP contribution is -2.37. The summed E-state index contributed by atoms with van der Waals surface area (Å²) in [5.74, 6) is 0.0551. The quantitative estimate of drug-likeness (QED) is 0.402. The lowest BCUT2D eigenvalue weighted by Gasteiger charge is -2.31. The number of amides is 1. The van der Waals surface area contributed by atoms with Gasteiger partial charge in [-0.2, -0.15) is 0 Å². The van der Waals surface area contributed by atoms with Crippen LogP contribution in [0.25, 0.3) is 20.3 Å². The zero-order chi connectivity index (χ0) is 20.7. The number of piperidine rings is 1. The van der Waals surface area contributed by atoms with Crippen LogP contribution in [0.15, 0.2) is 42.5 Å². The largest absolute Gasteiger partial charge is 0.380 e. The minimum atomic E-state index is -0.301. The van der Waals surface area contributed by atoms with Crippen LogP contribution in [-0.2, 0) is 11.3 Å². The predicted molar refractivity (Wildman–Crippen MR) is 120 cm³/mol. The van der Waals surface area contributed by atoms with Gasteiger partial charge in [-0.25, -0.2) is 9.37 Å². The van der Waals surface area contributed by atoms with E-state index in [2.05, 4.69) is 6.07 Å². The predicted octanol–water partition coefficient (Wildman–Crippen LogP) is 5.82. The minimum absolute atomic E-state index is 0.0228. The number of hydrogen-bond donors (Lipinski definition) is 0. The van der Waals surface area contributed by atoms with Crippen LogP contribution in [0.1, 0.15) is 39.0 Å². The van der Waals surface area contributed by atoms with E-state index >= 15 is 0 Å². The average Bonchev–Trinajstić information content (AvgIpc) is 3.36. The molecule has 1 aliphatic rings. The molecule has 1 amide bonds. The zero-order valence-corrected chi connectivity index (χ0v) is 18.2. The molecule has 3 heterocycles. The Morgan fingerprint density at radius 3 is 2.67 bits per heavy atom. The van der Waals surface area contributed by atoms with E-state index in [9.17, 15) is 9.18 Å². The first-order valence-corrected chi connectivity index (χ1v) is 11.6. The van der Waals surface area contributed by atoms with Crippen LogP contribution in [-0.4, -0.2) is 36.0 Å². The number of fused-ring (bicyclic) bond motifs is 2. The second kappa shape index (κ2) is 8.06. The standard InChI is InChI=1S/C23H21FN2O2S2/c1-28-13-15-20-16(24)5-4-8-19(20)29-21(15)23(27)26-11-9-14(10-12-26)22-25-17-6-2-3-7-18(17)30-22/h2-8,14H,9-13H2,1H3. The molecule has 0 spiro atoms. The summed E-state index contributed by atoms with van der Waals surface area (Å²) in [7, 11) is 1.57. The second-order valence-electron chi connectivity index (χ2n) is 7.54. The van der Waals surface area contributed by atoms with E-state index in [1.165, 1.54) is 22.1 Å². The Balaban J connectivity index is 1.37. The van der Waals surface area contributed by atoms with Crippen molar-refractivity contribution in [2.24, 2.45) is 0 Å². The van der Waals surface area contributed by atoms with E-state index in [1.807, 2.05) is 29.2 Å². The van der Waals surface area contributed by atoms with E-state index in [1.54, 1.807) is 24.5 Å². The van der Waals surface area contributed by atoms with E-state index in [0.29, 0.717) is 34.8 Å². The highest BCUT2D eigenvalue weighted by Crippen LogP contribution is 2.37. The summed E-state index contributed by atoms with van der Waals surface area (Å²) >= 11 is 3.11. The first-order valence-electron chi connectivity index (χ1n) is 9.99. The Kier molecular flexibility index (Phi) is 5.26. The maximum absolute atomic E-state index is 14.4. The number of benzene rings is 2. The number of methoxy groups -OCH3 is 1. The number of ether oxygens (including phenoxy) is 1. The molecule has 2 aromatic carbocycles. The van der Waals surface area contributed by atoms with Crippen LogP contribution in [0.5, 0.6) is 0 Å². The Morgan fingerprint density at radius 2 is 1.90 bits per heavy atom. The highest BCUT2D eigenvalue weighted by atomic mass is 32.1. The molecule has 0 N–H and O–H groups in total. The number of hydrogen-bond acceptors (Lipinski definition) is 5. The molecule has 7 heteroatoms. The molecule has 0 unspecified atom stereocenters. The van der Waals surface area contributed by atoms with Crippen LogP contribution in [0.4, 0.5) is 4.39 Å². The zero-order valence-electron chi connectivity index (χ0n) is 16.6. The van der Waals surface area contributed by atoms with Gasteiger partial charge >= 0.3 is 0 Å². The summed E-state index contributed by atoms with van der Waals surface area (Å²) in [4.78, 5) is 20.6. The number of likely N-dealkylation sites (tertiary alicyclic amines) is 1. The van der Waals surface area contributed by atoms with Crippen molar-refractivity contribution in [1.82, 2.24) is 9.88 Å². The SMILES string of the molecule is COCc1c(C(=O)N2CCC(c3nc4ccccc4s3)CC2)sc2cccc(F)c12. The summed E-state index contributed by atoms with van der Waals surface area (Å²) < 4.78 is 21.7. The van der Waals surface area contributed by atoms with Crippen LogP contribution in [0, 0.1) is 5.82 Å². The molecule has 1 aliphatic heterocycles. The van der Waals surface area contributed by atoms with Gasteiger partial charge in [0.2, 0.25) is 0 Å². The van der Waals surface area contributed by atoms with Gasteiger partial charge in [-0.15, -0.1) is 22.7 Å². The van der Waals surface area contributed by atoms with Gasteiger partial charge in [0.15, 0.2) is 0 Å². The summed E-state index contributed by atoms with van der Waals surface area (Å²) in [6.07, 6.45) is 1.79. The van der Waals surface area contributed by atoms with Crippen LogP contribution in [0.3, 0.4) is 0 Å². The number of thiazole rings is 1. The van der Waals surface area contributed by atoms with Crippen LogP contribution < -0.4 is 0 Å². The molecular weight excluding hydrogens is 419 g/mol. The highest BCUT2D eigenvalue weighted by Gasteiger charge is 2.29. The Bertz CT molecular complexity index is 1190. The first-order chi connectivity index (χ1) is 14.7. The fourth-order valence-electron chi connectivity index (χ4n) is 4.16. The number of halogens is 1. The number of carbonyl (C=O) groups excluding carboxylic acids is 1. The molecule has 154 valence electrons. The summed E-state index contributed by atoms with van der Waals surface area (Å²) in [6, 6.07) is 13.2. The molecule has 2 aromatic heterocycles. The number of rotatable bonds is 4. The number of aromatic nitrogens is 1. The maximum atomic E-state index is 14.4. The second-order valence-corrected chi connectivity index (χ2v) is 9.66. The summed E-state index contributed by atoms with van der Waals surface area (Å²) in [6.45, 7) is 1.59. The normalized spacial score (nSPS) is 15.3. The molecule has 4 aromatic rings. The molecule has 1 fully saturated rings. The molecule has 0 aliphatic carbocycles. The van der Waals surface area contributed by atoms with Crippen molar-refractivity contribution in [3.8, 4) is 0 Å². The fourth-order valence-corrected chi connectivity index (χ4v) is 6.49. The number of nitrogens with zero attached hydrogens (tertiary/aromatic N) is 2. The van der Waals surface area contributed by atoms with Crippen molar-refractivity contribution < 1.29 is 13.9 Å². The Labute approximate surface area is 181 Å². The minimum Gasteiger partial charge on any atom is -0.380 e. The van der Waals surface area contributed by atoms with Gasteiger partial charge in [0.1, 0.15) is 5.82 Å². The van der Waals surface area contributed by atoms with Crippen molar-refractivity contribution in [1.29, 1.82) is 0 Å². The van der Waals surface area contributed by atoms with Crippen LogP contribution >= 0.6 is 22.7 Å². The topological polar surface area (TPSA) is 42.4 Å². The van der Waals surface area contributed by atoms with E-state index in [-0.39, 0.29) is 18.3 Å². The third-order valence-electron chi connectivity index (χ3n) is 5.69. The van der Waals surface area contributed by atoms with Gasteiger partial charge in [0.25, 0.3) is 5.91 Å². The van der Waals surface area contributed by atoms with Crippen molar-refractivity contribution in [3.63, 3.8) is 0 Å². The smallest absolute Gasteiger partial charge is 0.264 e. The maximum Gasteiger partial charge on any atom is 0.264 e. The monoisotopic (exact) mass is 440 g/mol. The molecular formula is C23H21FN2O2S2. The molecule has 30 heavy (non-hydrogen) atoms. The molecule has 4 nitrogen and oxygen atoms in total. The lowest BCUT2D eigenvalue weighted by molar-refractivity contribution is 0.0714. The van der Waals surface area contributed by atoms with Crippen LogP contribution in [0.2, 0.25) is 0 Å². The Hall–Kier alpha value is -2.35. The molecule has 5 rings (SSSR count). The van der Waals surface area contributed by atoms with Crippen molar-refractivity contribution >= 4 is 48.9 Å². The van der Waals surface area contributed by atoms with Gasteiger partial charge in [-0.1, -0.05) is 18.2 Å². The fraction of sp³-hybridized carbons (Fsp3) is 0.304. The third-order valence-corrected chi connectivity index (χ3v) is 8.07. The third kappa shape index (κ3) is 3.41. The molecule has 1 saturated heterocycles. The summed E-state index contributed by atoms with van der Waals surface area (Å²) in [5, 5.41) is 1.67. The van der Waals surface area contributed by atoms with E-state index in [4.69, 9.17) is 9.72 Å². The van der Waals surface area contributed by atoms with Crippen molar-refractivity contribution in [2.75, 3.05) is 20.2 Å². The van der Waals surface area contributed by atoms with Gasteiger partial charge < -0.3 is 9.64 Å². The Morgan fingerprint density at radius 1 is 1.13 bits per heavy atom. The van der Waals surface area contributed by atoms with E-state index < -0.39 is 0 Å². The molecule has 0 radical (unpaired) electrons. The number of carbonyl (C=O) groups is 1. The van der Waals surface area contributed by atoms with Gasteiger partial charge in [0, 0.05) is 41.8 Å². The number of thiophene rings is 1. The molecule has 0 atom stereocenters. The van der Waals surface area contributed by atoms with Gasteiger partial charge in [0.05, 0.1) is 26.7 Å². The average molecular weight is 441 g/mol. The summed E-state index contributed by atoms with van der Waals surface area (Å²) in [5.41, 5.74) is 1.71. The van der Waals surface area contributed by atoms with Gasteiger partial charge in [-0.05, 0) is 37.1 Å². The molecule has 0 bridgehead atoms. The number of para-hydroxylation sites is 1. The van der Waals surface area contributed by atoms with Gasteiger partial charge in [-0.3, -0.25) is 4.79 Å². The van der Waals surface area contributed by atoms with Crippen molar-refractivity contribution in [2.45, 2.75) is 25.4 Å².